The Morgan fingerprint density at radius 3 is 2.47 bits per heavy atom. The zero-order valence-corrected chi connectivity index (χ0v) is 19.2. The molecule has 0 saturated heterocycles. The fraction of sp³-hybridized carbons (Fsp3) is 0.280. The van der Waals surface area contributed by atoms with Crippen LogP contribution in [0.5, 0.6) is 0 Å². The summed E-state index contributed by atoms with van der Waals surface area (Å²) in [7, 11) is 0. The number of H-pyrrole nitrogens is 1. The SMILES string of the molecule is CCc1sc2nc(Cc3cccc(Cl)c3)[nH]c(=O)c2c1-c1ccc(C(C)(C)C)cc1. The molecule has 5 heteroatoms. The minimum absolute atomic E-state index is 0.0807. The number of thiophene rings is 1. The van der Waals surface area contributed by atoms with Crippen molar-refractivity contribution in [1.29, 1.82) is 0 Å². The van der Waals surface area contributed by atoms with Crippen molar-refractivity contribution >= 4 is 33.2 Å². The first-order chi connectivity index (χ1) is 14.3. The van der Waals surface area contributed by atoms with E-state index in [0.29, 0.717) is 22.7 Å². The van der Waals surface area contributed by atoms with Crippen LogP contribution < -0.4 is 5.56 Å². The molecule has 30 heavy (non-hydrogen) atoms. The van der Waals surface area contributed by atoms with E-state index in [-0.39, 0.29) is 11.0 Å². The lowest BCUT2D eigenvalue weighted by Crippen LogP contribution is -2.12. The molecule has 2 aromatic heterocycles. The molecule has 1 N–H and O–H groups in total. The van der Waals surface area contributed by atoms with Gasteiger partial charge in [0, 0.05) is 21.9 Å². The molecule has 0 fully saturated rings. The Kier molecular flexibility index (Phi) is 5.56. The van der Waals surface area contributed by atoms with Crippen LogP contribution in [0.3, 0.4) is 0 Å². The van der Waals surface area contributed by atoms with E-state index >= 15 is 0 Å². The molecule has 2 heterocycles. The summed E-state index contributed by atoms with van der Waals surface area (Å²) in [5, 5.41) is 1.37. The van der Waals surface area contributed by atoms with E-state index in [1.807, 2.05) is 24.3 Å². The van der Waals surface area contributed by atoms with E-state index in [1.165, 1.54) is 10.4 Å². The van der Waals surface area contributed by atoms with Gasteiger partial charge in [-0.3, -0.25) is 4.79 Å². The third-order valence-electron chi connectivity index (χ3n) is 5.31. The molecular formula is C25H25ClN2OS. The minimum Gasteiger partial charge on any atom is -0.310 e. The maximum Gasteiger partial charge on any atom is 0.260 e. The Hall–Kier alpha value is -2.43. The van der Waals surface area contributed by atoms with Crippen molar-refractivity contribution in [2.45, 2.75) is 46.0 Å². The number of aromatic amines is 1. The van der Waals surface area contributed by atoms with Crippen molar-refractivity contribution in [3.05, 3.63) is 85.7 Å². The second kappa shape index (κ2) is 8.01. The first-order valence-corrected chi connectivity index (χ1v) is 11.4. The maximum atomic E-state index is 13.1. The zero-order chi connectivity index (χ0) is 21.5. The molecule has 0 amide bonds. The van der Waals surface area contributed by atoms with Crippen molar-refractivity contribution in [2.24, 2.45) is 0 Å². The average molecular weight is 437 g/mol. The number of rotatable bonds is 4. The van der Waals surface area contributed by atoms with Crippen molar-refractivity contribution < 1.29 is 0 Å². The number of fused-ring (bicyclic) bond motifs is 1. The largest absolute Gasteiger partial charge is 0.310 e. The van der Waals surface area contributed by atoms with Crippen LogP contribution in [0.4, 0.5) is 0 Å². The maximum absolute atomic E-state index is 13.1. The van der Waals surface area contributed by atoms with Crippen molar-refractivity contribution in [1.82, 2.24) is 9.97 Å². The predicted octanol–water partition coefficient (Wildman–Crippen LogP) is 6.76. The van der Waals surface area contributed by atoms with Gasteiger partial charge in [-0.25, -0.2) is 4.98 Å². The third-order valence-corrected chi connectivity index (χ3v) is 6.77. The molecule has 0 atom stereocenters. The third kappa shape index (κ3) is 4.07. The molecule has 0 saturated carbocycles. The van der Waals surface area contributed by atoms with Gasteiger partial charge >= 0.3 is 0 Å². The van der Waals surface area contributed by atoms with Gasteiger partial charge in [-0.05, 0) is 40.7 Å². The highest BCUT2D eigenvalue weighted by Gasteiger charge is 2.19. The first kappa shape index (κ1) is 20.8. The van der Waals surface area contributed by atoms with E-state index < -0.39 is 0 Å². The number of benzene rings is 2. The standard InChI is InChI=1S/C25H25ClN2OS/c1-5-19-21(16-9-11-17(12-10-16)25(2,3)4)22-23(29)27-20(28-24(22)30-19)14-15-7-6-8-18(26)13-15/h6-13H,5,14H2,1-4H3,(H,27,28,29). The second-order valence-electron chi connectivity index (χ2n) is 8.58. The number of halogens is 1. The Bertz CT molecular complexity index is 1260. The summed E-state index contributed by atoms with van der Waals surface area (Å²) >= 11 is 7.71. The molecule has 0 aliphatic carbocycles. The molecule has 4 rings (SSSR count). The Morgan fingerprint density at radius 2 is 1.83 bits per heavy atom. The lowest BCUT2D eigenvalue weighted by Gasteiger charge is -2.19. The van der Waals surface area contributed by atoms with Crippen molar-refractivity contribution in [3.8, 4) is 11.1 Å². The van der Waals surface area contributed by atoms with Gasteiger partial charge in [-0.2, -0.15) is 0 Å². The summed E-state index contributed by atoms with van der Waals surface area (Å²) in [5.74, 6) is 0.660. The van der Waals surface area contributed by atoms with E-state index in [0.717, 1.165) is 27.9 Å². The lowest BCUT2D eigenvalue weighted by atomic mass is 9.86. The van der Waals surface area contributed by atoms with E-state index in [9.17, 15) is 4.79 Å². The van der Waals surface area contributed by atoms with Crippen LogP contribution in [0.15, 0.2) is 53.3 Å². The van der Waals surface area contributed by atoms with Crippen LogP contribution in [0.2, 0.25) is 5.02 Å². The number of aromatic nitrogens is 2. The fourth-order valence-electron chi connectivity index (χ4n) is 3.71. The Morgan fingerprint density at radius 1 is 1.10 bits per heavy atom. The quantitative estimate of drug-likeness (QED) is 0.384. The van der Waals surface area contributed by atoms with Gasteiger partial charge < -0.3 is 4.98 Å². The number of hydrogen-bond donors (Lipinski definition) is 1. The van der Waals surface area contributed by atoms with E-state index in [4.69, 9.17) is 16.6 Å². The van der Waals surface area contributed by atoms with Gasteiger partial charge in [0.15, 0.2) is 0 Å². The summed E-state index contributed by atoms with van der Waals surface area (Å²) in [6.45, 7) is 8.74. The molecule has 0 radical (unpaired) electrons. The number of nitrogens with zero attached hydrogens (tertiary/aromatic N) is 1. The Balaban J connectivity index is 1.80. The number of aryl methyl sites for hydroxylation is 1. The second-order valence-corrected chi connectivity index (χ2v) is 10.1. The molecule has 0 unspecified atom stereocenters. The monoisotopic (exact) mass is 436 g/mol. The van der Waals surface area contributed by atoms with Gasteiger partial charge in [0.25, 0.3) is 5.56 Å². The fourth-order valence-corrected chi connectivity index (χ4v) is 5.08. The summed E-state index contributed by atoms with van der Waals surface area (Å²) < 4.78 is 0. The van der Waals surface area contributed by atoms with Crippen molar-refractivity contribution in [2.75, 3.05) is 0 Å². The summed E-state index contributed by atoms with van der Waals surface area (Å²) in [5.41, 5.74) is 4.40. The lowest BCUT2D eigenvalue weighted by molar-refractivity contribution is 0.590. The van der Waals surface area contributed by atoms with E-state index in [2.05, 4.69) is 56.9 Å². The highest BCUT2D eigenvalue weighted by Crippen LogP contribution is 2.37. The van der Waals surface area contributed by atoms with Gasteiger partial charge in [-0.1, -0.05) is 75.7 Å². The molecule has 2 aromatic carbocycles. The molecule has 0 aliphatic rings. The van der Waals surface area contributed by atoms with E-state index in [1.54, 1.807) is 11.3 Å². The normalized spacial score (nSPS) is 11.9. The zero-order valence-electron chi connectivity index (χ0n) is 17.7. The van der Waals surface area contributed by atoms with Crippen molar-refractivity contribution in [3.63, 3.8) is 0 Å². The number of nitrogens with one attached hydrogen (secondary N) is 1. The molecule has 4 aromatic rings. The molecule has 154 valence electrons. The number of hydrogen-bond acceptors (Lipinski definition) is 3. The summed E-state index contributed by atoms with van der Waals surface area (Å²) in [6, 6.07) is 16.2. The van der Waals surface area contributed by atoms with Crippen LogP contribution in [-0.4, -0.2) is 9.97 Å². The molecular weight excluding hydrogens is 412 g/mol. The van der Waals surface area contributed by atoms with Gasteiger partial charge in [-0.15, -0.1) is 11.3 Å². The van der Waals surface area contributed by atoms with Gasteiger partial charge in [0.2, 0.25) is 0 Å². The molecule has 0 bridgehead atoms. The van der Waals surface area contributed by atoms with Gasteiger partial charge in [0.05, 0.1) is 5.39 Å². The molecule has 3 nitrogen and oxygen atoms in total. The van der Waals surface area contributed by atoms with Crippen LogP contribution >= 0.6 is 22.9 Å². The van der Waals surface area contributed by atoms with Crippen LogP contribution in [-0.2, 0) is 18.3 Å². The molecule has 0 aliphatic heterocycles. The van der Waals surface area contributed by atoms with Crippen LogP contribution in [0.25, 0.3) is 21.3 Å². The highest BCUT2D eigenvalue weighted by atomic mass is 35.5. The first-order valence-electron chi connectivity index (χ1n) is 10.2. The predicted molar refractivity (Wildman–Crippen MR) is 128 cm³/mol. The van der Waals surface area contributed by atoms with Crippen LogP contribution in [0.1, 0.15) is 49.5 Å². The average Bonchev–Trinajstić information content (AvgIpc) is 3.06. The smallest absolute Gasteiger partial charge is 0.260 e. The molecule has 0 spiro atoms. The highest BCUT2D eigenvalue weighted by molar-refractivity contribution is 7.19. The minimum atomic E-state index is -0.0807. The van der Waals surface area contributed by atoms with Crippen LogP contribution in [0, 0.1) is 0 Å². The topological polar surface area (TPSA) is 45.8 Å². The summed E-state index contributed by atoms with van der Waals surface area (Å²) in [4.78, 5) is 22.9. The van der Waals surface area contributed by atoms with Gasteiger partial charge in [0.1, 0.15) is 10.7 Å². The summed E-state index contributed by atoms with van der Waals surface area (Å²) in [6.07, 6.45) is 1.40. The Labute approximate surface area is 185 Å².